The molecule has 0 radical (unpaired) electrons. The second-order valence-electron chi connectivity index (χ2n) is 10.8. The third-order valence-corrected chi connectivity index (χ3v) is 7.14. The molecule has 1 amide bonds. The Kier molecular flexibility index (Phi) is 26.5. The maximum atomic E-state index is 12.3. The van der Waals surface area contributed by atoms with Crippen molar-refractivity contribution < 1.29 is 25.2 Å². The normalized spacial score (nSPS) is 15.2. The molecule has 0 aliphatic heterocycles. The minimum atomic E-state index is -1.28. The third kappa shape index (κ3) is 21.7. The van der Waals surface area contributed by atoms with Gasteiger partial charge in [0.25, 0.3) is 0 Å². The highest BCUT2D eigenvalue weighted by atomic mass is 16.3. The van der Waals surface area contributed by atoms with E-state index < -0.39 is 36.9 Å². The van der Waals surface area contributed by atoms with Gasteiger partial charge < -0.3 is 25.7 Å². The van der Waals surface area contributed by atoms with Crippen molar-refractivity contribution in [2.45, 2.75) is 167 Å². The fourth-order valence-electron chi connectivity index (χ4n) is 4.52. The zero-order chi connectivity index (χ0) is 28.3. The summed E-state index contributed by atoms with van der Waals surface area (Å²) in [6.07, 6.45) is 26.3. The molecule has 0 saturated heterocycles. The van der Waals surface area contributed by atoms with Crippen LogP contribution in [0.4, 0.5) is 0 Å². The Morgan fingerprint density at radius 2 is 1.11 bits per heavy atom. The molecule has 0 spiro atoms. The molecule has 0 bridgehead atoms. The van der Waals surface area contributed by atoms with Crippen LogP contribution in [0.2, 0.25) is 0 Å². The summed E-state index contributed by atoms with van der Waals surface area (Å²) in [4.78, 5) is 12.3. The molecular formula is C32H61NO5. The van der Waals surface area contributed by atoms with Crippen molar-refractivity contribution >= 4 is 5.91 Å². The van der Waals surface area contributed by atoms with Gasteiger partial charge in [0.15, 0.2) is 0 Å². The summed E-state index contributed by atoms with van der Waals surface area (Å²) in [5, 5.41) is 43.1. The largest absolute Gasteiger partial charge is 0.394 e. The van der Waals surface area contributed by atoms with Gasteiger partial charge in [-0.3, -0.25) is 4.79 Å². The standard InChI is InChI=1S/C32H61NO5/c1-3-5-7-9-11-13-15-17-19-21-23-25-29(35)31(37)28(27-34)33-32(38)30(36)26-24-22-20-18-16-14-12-10-8-6-4-2/h9,11,17,19,28-31,34-37H,3-8,10,12-16,18,20-27H2,1-2H3,(H,33,38)/b11-9+,19-17+. The molecule has 4 atom stereocenters. The van der Waals surface area contributed by atoms with Gasteiger partial charge >= 0.3 is 0 Å². The highest BCUT2D eigenvalue weighted by Crippen LogP contribution is 2.14. The van der Waals surface area contributed by atoms with E-state index in [1.54, 1.807) is 0 Å². The SMILES string of the molecule is CCCC/C=C/CC/C=C/CCCC(O)C(O)C(CO)NC(=O)C(O)CCCCCCCCCCCCC. The van der Waals surface area contributed by atoms with Gasteiger partial charge in [-0.2, -0.15) is 0 Å². The van der Waals surface area contributed by atoms with Gasteiger partial charge in [0.1, 0.15) is 12.2 Å². The monoisotopic (exact) mass is 539 g/mol. The minimum Gasteiger partial charge on any atom is -0.394 e. The zero-order valence-corrected chi connectivity index (χ0v) is 24.7. The van der Waals surface area contributed by atoms with Crippen LogP contribution in [-0.4, -0.2) is 57.3 Å². The number of aliphatic hydroxyl groups excluding tert-OH is 4. The maximum Gasteiger partial charge on any atom is 0.249 e. The van der Waals surface area contributed by atoms with Gasteiger partial charge in [0, 0.05) is 0 Å². The van der Waals surface area contributed by atoms with E-state index in [1.807, 2.05) is 0 Å². The molecule has 4 unspecified atom stereocenters. The van der Waals surface area contributed by atoms with Crippen LogP contribution in [0.3, 0.4) is 0 Å². The van der Waals surface area contributed by atoms with Crippen molar-refractivity contribution in [1.82, 2.24) is 5.32 Å². The molecule has 0 aromatic heterocycles. The Hall–Kier alpha value is -1.21. The first-order chi connectivity index (χ1) is 18.5. The minimum absolute atomic E-state index is 0.362. The van der Waals surface area contributed by atoms with Crippen LogP contribution in [0, 0.1) is 0 Å². The van der Waals surface area contributed by atoms with Gasteiger partial charge in [-0.05, 0) is 44.9 Å². The first-order valence-corrected chi connectivity index (χ1v) is 15.7. The number of carbonyl (C=O) groups is 1. The summed E-state index contributed by atoms with van der Waals surface area (Å²) >= 11 is 0. The number of amides is 1. The van der Waals surface area contributed by atoms with E-state index >= 15 is 0 Å². The molecule has 0 aromatic rings. The van der Waals surface area contributed by atoms with Gasteiger partial charge in [0.2, 0.25) is 5.91 Å². The smallest absolute Gasteiger partial charge is 0.249 e. The highest BCUT2D eigenvalue weighted by molar-refractivity contribution is 5.80. The van der Waals surface area contributed by atoms with Crippen LogP contribution in [-0.2, 0) is 4.79 Å². The molecule has 6 nitrogen and oxygen atoms in total. The lowest BCUT2D eigenvalue weighted by Gasteiger charge is -2.27. The molecule has 0 aromatic carbocycles. The summed E-state index contributed by atoms with van der Waals surface area (Å²) in [5.74, 6) is -0.603. The molecule has 0 aliphatic carbocycles. The average molecular weight is 540 g/mol. The lowest BCUT2D eigenvalue weighted by Crippen LogP contribution is -2.53. The predicted molar refractivity (Wildman–Crippen MR) is 159 cm³/mol. The summed E-state index contributed by atoms with van der Waals surface area (Å²) in [7, 11) is 0. The van der Waals surface area contributed by atoms with E-state index in [2.05, 4.69) is 43.5 Å². The van der Waals surface area contributed by atoms with Crippen LogP contribution in [0.15, 0.2) is 24.3 Å². The van der Waals surface area contributed by atoms with Gasteiger partial charge in [0.05, 0.1) is 18.8 Å². The molecule has 0 rings (SSSR count). The molecule has 0 heterocycles. The first-order valence-electron chi connectivity index (χ1n) is 15.7. The zero-order valence-electron chi connectivity index (χ0n) is 24.7. The van der Waals surface area contributed by atoms with E-state index in [-0.39, 0.29) is 0 Å². The Morgan fingerprint density at radius 1 is 0.632 bits per heavy atom. The molecule has 5 N–H and O–H groups in total. The van der Waals surface area contributed by atoms with Crippen molar-refractivity contribution in [1.29, 1.82) is 0 Å². The van der Waals surface area contributed by atoms with Crippen LogP contribution in [0.1, 0.15) is 142 Å². The second kappa shape index (κ2) is 27.4. The molecule has 6 heteroatoms. The van der Waals surface area contributed by atoms with Crippen molar-refractivity contribution in [2.24, 2.45) is 0 Å². The van der Waals surface area contributed by atoms with Gasteiger partial charge in [-0.25, -0.2) is 0 Å². The predicted octanol–water partition coefficient (Wildman–Crippen LogP) is 6.50. The summed E-state index contributed by atoms with van der Waals surface area (Å²) in [6, 6.07) is -1.00. The fraction of sp³-hybridized carbons (Fsp3) is 0.844. The van der Waals surface area contributed by atoms with Gasteiger partial charge in [-0.1, -0.05) is 122 Å². The average Bonchev–Trinajstić information content (AvgIpc) is 2.92. The lowest BCUT2D eigenvalue weighted by atomic mass is 10.00. The molecule has 0 aliphatic rings. The van der Waals surface area contributed by atoms with Crippen molar-refractivity contribution in [3.63, 3.8) is 0 Å². The quantitative estimate of drug-likeness (QED) is 0.0604. The molecule has 0 saturated carbocycles. The summed E-state index contributed by atoms with van der Waals surface area (Å²) < 4.78 is 0. The van der Waals surface area contributed by atoms with Crippen LogP contribution >= 0.6 is 0 Å². The number of allylic oxidation sites excluding steroid dienone is 4. The van der Waals surface area contributed by atoms with Crippen molar-refractivity contribution in [3.05, 3.63) is 24.3 Å². The molecule has 0 fully saturated rings. The number of nitrogens with one attached hydrogen (secondary N) is 1. The van der Waals surface area contributed by atoms with Crippen LogP contribution in [0.25, 0.3) is 0 Å². The first kappa shape index (κ1) is 36.8. The molecule has 38 heavy (non-hydrogen) atoms. The van der Waals surface area contributed by atoms with E-state index in [1.165, 1.54) is 64.2 Å². The number of rotatable bonds is 27. The highest BCUT2D eigenvalue weighted by Gasteiger charge is 2.28. The number of unbranched alkanes of at least 4 members (excludes halogenated alkanes) is 14. The Labute approximate surface area is 234 Å². The summed E-state index contributed by atoms with van der Waals surface area (Å²) in [5.41, 5.74) is 0. The van der Waals surface area contributed by atoms with Gasteiger partial charge in [-0.15, -0.1) is 0 Å². The van der Waals surface area contributed by atoms with Crippen LogP contribution < -0.4 is 5.32 Å². The Bertz CT molecular complexity index is 580. The Morgan fingerprint density at radius 3 is 1.63 bits per heavy atom. The van der Waals surface area contributed by atoms with E-state index in [0.717, 1.165) is 44.9 Å². The summed E-state index contributed by atoms with van der Waals surface area (Å²) in [6.45, 7) is 3.93. The van der Waals surface area contributed by atoms with E-state index in [0.29, 0.717) is 19.3 Å². The maximum absolute atomic E-state index is 12.3. The fourth-order valence-corrected chi connectivity index (χ4v) is 4.52. The van der Waals surface area contributed by atoms with Crippen molar-refractivity contribution in [3.8, 4) is 0 Å². The number of carbonyl (C=O) groups excluding carboxylic acids is 1. The number of aliphatic hydroxyl groups is 4. The Balaban J connectivity index is 3.98. The van der Waals surface area contributed by atoms with Crippen LogP contribution in [0.5, 0.6) is 0 Å². The number of hydrogen-bond donors (Lipinski definition) is 5. The van der Waals surface area contributed by atoms with Crippen molar-refractivity contribution in [2.75, 3.05) is 6.61 Å². The number of hydrogen-bond acceptors (Lipinski definition) is 5. The molecule has 224 valence electrons. The third-order valence-electron chi connectivity index (χ3n) is 7.14. The van der Waals surface area contributed by atoms with E-state index in [4.69, 9.17) is 0 Å². The lowest BCUT2D eigenvalue weighted by molar-refractivity contribution is -0.132. The topological polar surface area (TPSA) is 110 Å². The second-order valence-corrected chi connectivity index (χ2v) is 10.8. The molecular weight excluding hydrogens is 478 g/mol. The van der Waals surface area contributed by atoms with E-state index in [9.17, 15) is 25.2 Å².